The molecule has 0 radical (unpaired) electrons. The highest BCUT2D eigenvalue weighted by atomic mass is 35.5. The Morgan fingerprint density at radius 2 is 1.88 bits per heavy atom. The summed E-state index contributed by atoms with van der Waals surface area (Å²) in [4.78, 5) is 0.293. The first-order chi connectivity index (χ1) is 7.45. The van der Waals surface area contributed by atoms with Crippen LogP contribution >= 0.6 is 11.6 Å². The molecule has 0 aliphatic heterocycles. The van der Waals surface area contributed by atoms with Crippen molar-refractivity contribution in [3.63, 3.8) is 0 Å². The fourth-order valence-electron chi connectivity index (χ4n) is 1.23. The van der Waals surface area contributed by atoms with Crippen molar-refractivity contribution >= 4 is 21.4 Å². The van der Waals surface area contributed by atoms with Crippen molar-refractivity contribution < 1.29 is 8.42 Å². The lowest BCUT2D eigenvalue weighted by Crippen LogP contribution is -2.15. The first kappa shape index (κ1) is 13.1. The lowest BCUT2D eigenvalue weighted by molar-refractivity contribution is 0.596. The first-order valence-corrected chi connectivity index (χ1v) is 6.90. The van der Waals surface area contributed by atoms with Crippen LogP contribution < -0.4 is 0 Å². The number of hydrogen-bond donors (Lipinski definition) is 0. The second-order valence-electron chi connectivity index (χ2n) is 3.46. The van der Waals surface area contributed by atoms with Crippen molar-refractivity contribution in [3.05, 3.63) is 29.8 Å². The maximum atomic E-state index is 11.9. The Bertz CT molecular complexity index is 506. The monoisotopic (exact) mass is 256 g/mol. The fourth-order valence-corrected chi connectivity index (χ4v) is 3.05. The first-order valence-electron chi connectivity index (χ1n) is 4.81. The van der Waals surface area contributed by atoms with Crippen LogP contribution in [0.3, 0.4) is 0 Å². The normalized spacial score (nSPS) is 12.7. The molecule has 1 aromatic rings. The molecule has 1 unspecified atom stereocenters. The Kier molecular flexibility index (Phi) is 4.40. The fraction of sp³-hybridized carbons (Fsp3) is 0.333. The minimum Gasteiger partial charge on any atom is -0.224 e. The molecule has 0 heterocycles. The Labute approximate surface area is 102 Å². The summed E-state index contributed by atoms with van der Waals surface area (Å²) >= 11 is 5.79. The van der Waals surface area contributed by atoms with Gasteiger partial charge < -0.3 is 0 Å². The van der Waals surface area contributed by atoms with Crippen molar-refractivity contribution in [2.24, 2.45) is 0 Å². The zero-order chi connectivity index (χ0) is 12.2. The molecule has 0 amide bonds. The van der Waals surface area contributed by atoms with Crippen LogP contribution in [0.15, 0.2) is 29.2 Å². The molecule has 0 N–H and O–H groups in total. The van der Waals surface area contributed by atoms with E-state index in [1.807, 2.05) is 6.92 Å². The summed E-state index contributed by atoms with van der Waals surface area (Å²) in [6.07, 6.45) is 0. The van der Waals surface area contributed by atoms with Gasteiger partial charge in [-0.15, -0.1) is 17.5 Å². The summed E-state index contributed by atoms with van der Waals surface area (Å²) in [5, 5.41) is -0.656. The number of benzene rings is 1. The highest BCUT2D eigenvalue weighted by molar-refractivity contribution is 7.91. The molecule has 0 saturated heterocycles. The second kappa shape index (κ2) is 5.38. The summed E-state index contributed by atoms with van der Waals surface area (Å²) in [5.74, 6) is 5.07. The standard InChI is InChI=1S/C12H13ClO2S/c1-3-4-11(13)9-16(14,15)12-7-5-10(2)6-8-12/h5-8,11H,9H2,1-2H3. The Morgan fingerprint density at radius 3 is 2.38 bits per heavy atom. The van der Waals surface area contributed by atoms with Gasteiger partial charge in [0, 0.05) is 0 Å². The quantitative estimate of drug-likeness (QED) is 0.615. The highest BCUT2D eigenvalue weighted by Gasteiger charge is 2.18. The van der Waals surface area contributed by atoms with Crippen LogP contribution in [0.4, 0.5) is 0 Å². The van der Waals surface area contributed by atoms with E-state index in [0.717, 1.165) is 5.56 Å². The van der Waals surface area contributed by atoms with Crippen molar-refractivity contribution in [2.75, 3.05) is 5.75 Å². The van der Waals surface area contributed by atoms with E-state index in [4.69, 9.17) is 11.6 Å². The molecule has 0 aromatic heterocycles. The van der Waals surface area contributed by atoms with E-state index in [-0.39, 0.29) is 5.75 Å². The zero-order valence-corrected chi connectivity index (χ0v) is 10.8. The van der Waals surface area contributed by atoms with Gasteiger partial charge in [-0.05, 0) is 26.0 Å². The van der Waals surface area contributed by atoms with Gasteiger partial charge in [-0.25, -0.2) is 8.42 Å². The lowest BCUT2D eigenvalue weighted by Gasteiger charge is -2.05. The van der Waals surface area contributed by atoms with Crippen molar-refractivity contribution in [1.82, 2.24) is 0 Å². The van der Waals surface area contributed by atoms with Crippen LogP contribution in [0.5, 0.6) is 0 Å². The molecule has 16 heavy (non-hydrogen) atoms. The van der Waals surface area contributed by atoms with Gasteiger partial charge in [0.2, 0.25) is 0 Å². The van der Waals surface area contributed by atoms with Gasteiger partial charge in [0.15, 0.2) is 9.84 Å². The maximum Gasteiger partial charge on any atom is 0.180 e. The molecule has 0 aliphatic carbocycles. The Morgan fingerprint density at radius 1 is 1.31 bits per heavy atom. The molecule has 86 valence electrons. The number of aryl methyl sites for hydroxylation is 1. The predicted molar refractivity (Wildman–Crippen MR) is 66.3 cm³/mol. The molecular formula is C12H13ClO2S. The minimum atomic E-state index is -3.33. The van der Waals surface area contributed by atoms with E-state index >= 15 is 0 Å². The summed E-state index contributed by atoms with van der Waals surface area (Å²) in [6, 6.07) is 6.71. The van der Waals surface area contributed by atoms with Crippen LogP contribution in [-0.4, -0.2) is 19.5 Å². The smallest absolute Gasteiger partial charge is 0.180 e. The van der Waals surface area contributed by atoms with Crippen molar-refractivity contribution in [2.45, 2.75) is 24.1 Å². The molecule has 0 spiro atoms. The number of rotatable bonds is 3. The predicted octanol–water partition coefficient (Wildman–Crippen LogP) is 2.40. The van der Waals surface area contributed by atoms with Crippen LogP contribution in [-0.2, 0) is 9.84 Å². The molecule has 0 saturated carbocycles. The van der Waals surface area contributed by atoms with E-state index in [9.17, 15) is 8.42 Å². The molecule has 4 heteroatoms. The van der Waals surface area contributed by atoms with E-state index in [2.05, 4.69) is 11.8 Å². The number of sulfone groups is 1. The molecule has 0 fully saturated rings. The van der Waals surface area contributed by atoms with Crippen molar-refractivity contribution in [1.29, 1.82) is 0 Å². The molecule has 1 atom stereocenters. The number of hydrogen-bond acceptors (Lipinski definition) is 2. The van der Waals surface area contributed by atoms with Crippen LogP contribution in [0.25, 0.3) is 0 Å². The summed E-state index contributed by atoms with van der Waals surface area (Å²) in [5.41, 5.74) is 1.02. The summed E-state index contributed by atoms with van der Waals surface area (Å²) in [7, 11) is -3.33. The number of halogens is 1. The summed E-state index contributed by atoms with van der Waals surface area (Å²) in [6.45, 7) is 3.54. The average molecular weight is 257 g/mol. The van der Waals surface area contributed by atoms with Gasteiger partial charge in [0.25, 0.3) is 0 Å². The SMILES string of the molecule is CC#CC(Cl)CS(=O)(=O)c1ccc(C)cc1. The lowest BCUT2D eigenvalue weighted by atomic mass is 10.2. The van der Waals surface area contributed by atoms with E-state index < -0.39 is 15.2 Å². The molecule has 1 rings (SSSR count). The minimum absolute atomic E-state index is 0.154. The van der Waals surface area contributed by atoms with Crippen LogP contribution in [0.2, 0.25) is 0 Å². The van der Waals surface area contributed by atoms with E-state index in [1.165, 1.54) is 0 Å². The Hall–Kier alpha value is -0.980. The topological polar surface area (TPSA) is 34.1 Å². The molecule has 2 nitrogen and oxygen atoms in total. The third-order valence-corrected chi connectivity index (χ3v) is 4.26. The van der Waals surface area contributed by atoms with Gasteiger partial charge >= 0.3 is 0 Å². The zero-order valence-electron chi connectivity index (χ0n) is 9.20. The molecule has 0 bridgehead atoms. The third kappa shape index (κ3) is 3.55. The Balaban J connectivity index is 2.93. The third-order valence-electron chi connectivity index (χ3n) is 2.05. The van der Waals surface area contributed by atoms with E-state index in [1.54, 1.807) is 31.2 Å². The molecule has 1 aromatic carbocycles. The van der Waals surface area contributed by atoms with Gasteiger partial charge in [-0.3, -0.25) is 0 Å². The largest absolute Gasteiger partial charge is 0.224 e. The summed E-state index contributed by atoms with van der Waals surface area (Å²) < 4.78 is 23.8. The van der Waals surface area contributed by atoms with E-state index in [0.29, 0.717) is 4.90 Å². The average Bonchev–Trinajstić information content (AvgIpc) is 2.17. The van der Waals surface area contributed by atoms with Gasteiger partial charge in [-0.2, -0.15) is 0 Å². The second-order valence-corrected chi connectivity index (χ2v) is 6.02. The van der Waals surface area contributed by atoms with Crippen LogP contribution in [0.1, 0.15) is 12.5 Å². The molecule has 0 aliphatic rings. The maximum absolute atomic E-state index is 11.9. The van der Waals surface area contributed by atoms with Gasteiger partial charge in [-0.1, -0.05) is 23.6 Å². The highest BCUT2D eigenvalue weighted by Crippen LogP contribution is 2.14. The van der Waals surface area contributed by atoms with Gasteiger partial charge in [0.05, 0.1) is 10.6 Å². The number of alkyl halides is 1. The van der Waals surface area contributed by atoms with Crippen LogP contribution in [0, 0.1) is 18.8 Å². The molecular weight excluding hydrogens is 244 g/mol. The van der Waals surface area contributed by atoms with Crippen molar-refractivity contribution in [3.8, 4) is 11.8 Å². The van der Waals surface area contributed by atoms with Gasteiger partial charge in [0.1, 0.15) is 5.38 Å².